The summed E-state index contributed by atoms with van der Waals surface area (Å²) in [4.78, 5) is 10.6. The second-order valence-corrected chi connectivity index (χ2v) is 2.62. The summed E-state index contributed by atoms with van der Waals surface area (Å²) in [5, 5.41) is 8.70. The van der Waals surface area contributed by atoms with Crippen molar-refractivity contribution in [3.63, 3.8) is 0 Å². The molecule has 2 unspecified atom stereocenters. The fraction of sp³-hybridized carbons (Fsp3) is 0.286. The lowest BCUT2D eigenvalue weighted by molar-refractivity contribution is -0.139. The van der Waals surface area contributed by atoms with Crippen LogP contribution in [-0.4, -0.2) is 17.1 Å². The Morgan fingerprint density at radius 1 is 1.64 bits per heavy atom. The highest BCUT2D eigenvalue weighted by molar-refractivity contribution is 5.76. The van der Waals surface area contributed by atoms with Crippen LogP contribution in [-0.2, 0) is 4.79 Å². The number of hydrogen-bond acceptors (Lipinski definition) is 3. The first-order valence-corrected chi connectivity index (χ1v) is 3.42. The third-order valence-electron chi connectivity index (χ3n) is 1.95. The van der Waals surface area contributed by atoms with Gasteiger partial charge >= 0.3 is 5.97 Å². The number of aliphatic carboxylic acids is 1. The molecule has 0 amide bonds. The predicted octanol–water partition coefficient (Wildman–Crippen LogP) is -0.383. The van der Waals surface area contributed by atoms with E-state index in [0.29, 0.717) is 0 Å². The minimum absolute atomic E-state index is 0.00694. The molecule has 1 aliphatic heterocycles. The Morgan fingerprint density at radius 2 is 2.45 bits per heavy atom. The van der Waals surface area contributed by atoms with Crippen LogP contribution in [0.5, 0.6) is 0 Å². The minimum Gasteiger partial charge on any atom is -0.480 e. The van der Waals surface area contributed by atoms with Gasteiger partial charge in [0, 0.05) is 11.6 Å². The summed E-state index contributed by atoms with van der Waals surface area (Å²) < 4.78 is 0. The van der Waals surface area contributed by atoms with Gasteiger partial charge in [0.25, 0.3) is 0 Å². The maximum absolute atomic E-state index is 10.6. The number of hydrazine groups is 1. The average molecular weight is 152 g/mol. The number of carbonyl (C=O) groups is 1. The summed E-state index contributed by atoms with van der Waals surface area (Å²) in [5.41, 5.74) is 6.45. The number of allylic oxidation sites excluding steroid dienone is 2. The quantitative estimate of drug-likeness (QED) is 0.479. The number of hydrogen-bond donors (Lipinski definition) is 3. The van der Waals surface area contributed by atoms with E-state index >= 15 is 0 Å². The summed E-state index contributed by atoms with van der Waals surface area (Å²) >= 11 is 0. The van der Waals surface area contributed by atoms with E-state index in [1.54, 1.807) is 0 Å². The zero-order valence-electron chi connectivity index (χ0n) is 5.74. The van der Waals surface area contributed by atoms with Crippen LogP contribution in [0.4, 0.5) is 0 Å². The molecule has 0 spiro atoms. The lowest BCUT2D eigenvalue weighted by Gasteiger charge is -2.06. The summed E-state index contributed by atoms with van der Waals surface area (Å²) in [6.45, 7) is 0. The van der Waals surface area contributed by atoms with Crippen molar-refractivity contribution in [2.24, 2.45) is 5.92 Å². The Labute approximate surface area is 63.6 Å². The Hall–Kier alpha value is -1.29. The van der Waals surface area contributed by atoms with Crippen molar-refractivity contribution in [2.75, 3.05) is 0 Å². The number of rotatable bonds is 1. The Bertz CT molecular complexity index is 257. The van der Waals surface area contributed by atoms with Crippen LogP contribution in [0.2, 0.25) is 0 Å². The molecular formula is C7H8N2O2. The van der Waals surface area contributed by atoms with Crippen LogP contribution < -0.4 is 10.9 Å². The Morgan fingerprint density at radius 3 is 3.18 bits per heavy atom. The molecule has 0 aromatic carbocycles. The highest BCUT2D eigenvalue weighted by Crippen LogP contribution is 2.24. The molecule has 0 saturated carbocycles. The standard InChI is InChI=1S/C7H8N2O2/c10-7(11)6-4-2-1-3-5(4)8-9-6/h1-4,6,8-9H,(H,10,11). The van der Waals surface area contributed by atoms with Gasteiger partial charge in [0.15, 0.2) is 0 Å². The van der Waals surface area contributed by atoms with Gasteiger partial charge < -0.3 is 10.5 Å². The maximum Gasteiger partial charge on any atom is 0.323 e. The van der Waals surface area contributed by atoms with Gasteiger partial charge in [-0.15, -0.1) is 0 Å². The molecule has 58 valence electrons. The molecule has 3 N–H and O–H groups in total. The van der Waals surface area contributed by atoms with Crippen LogP contribution in [0.25, 0.3) is 0 Å². The summed E-state index contributed by atoms with van der Waals surface area (Å²) in [5.74, 6) is -0.829. The molecule has 1 aliphatic carbocycles. The van der Waals surface area contributed by atoms with Crippen molar-refractivity contribution in [3.8, 4) is 0 Å². The SMILES string of the molecule is O=C(O)C1NNC2=CC=CC21. The molecule has 1 heterocycles. The molecule has 4 nitrogen and oxygen atoms in total. The molecular weight excluding hydrogens is 144 g/mol. The van der Waals surface area contributed by atoms with Crippen molar-refractivity contribution in [3.05, 3.63) is 23.9 Å². The van der Waals surface area contributed by atoms with Crippen molar-refractivity contribution >= 4 is 5.97 Å². The summed E-state index contributed by atoms with van der Waals surface area (Å²) in [6.07, 6.45) is 5.62. The van der Waals surface area contributed by atoms with E-state index < -0.39 is 12.0 Å². The van der Waals surface area contributed by atoms with Crippen molar-refractivity contribution in [1.82, 2.24) is 10.9 Å². The molecule has 2 atom stereocenters. The predicted molar refractivity (Wildman–Crippen MR) is 38.4 cm³/mol. The molecule has 2 rings (SSSR count). The topological polar surface area (TPSA) is 61.4 Å². The first-order chi connectivity index (χ1) is 5.29. The van der Waals surface area contributed by atoms with E-state index in [4.69, 9.17) is 5.11 Å². The van der Waals surface area contributed by atoms with Gasteiger partial charge in [0.2, 0.25) is 0 Å². The molecule has 0 aromatic heterocycles. The zero-order chi connectivity index (χ0) is 7.84. The maximum atomic E-state index is 10.6. The van der Waals surface area contributed by atoms with E-state index in [-0.39, 0.29) is 5.92 Å². The first kappa shape index (κ1) is 6.42. The molecule has 1 saturated heterocycles. The van der Waals surface area contributed by atoms with Crippen molar-refractivity contribution in [2.45, 2.75) is 6.04 Å². The van der Waals surface area contributed by atoms with Gasteiger partial charge in [-0.2, -0.15) is 0 Å². The van der Waals surface area contributed by atoms with Crippen LogP contribution in [0.15, 0.2) is 23.9 Å². The molecule has 11 heavy (non-hydrogen) atoms. The molecule has 0 radical (unpaired) electrons. The van der Waals surface area contributed by atoms with Crippen LogP contribution in [0.3, 0.4) is 0 Å². The van der Waals surface area contributed by atoms with E-state index in [1.807, 2.05) is 18.2 Å². The molecule has 1 fully saturated rings. The zero-order valence-corrected chi connectivity index (χ0v) is 5.74. The second-order valence-electron chi connectivity index (χ2n) is 2.62. The van der Waals surface area contributed by atoms with Gasteiger partial charge in [0.05, 0.1) is 0 Å². The van der Waals surface area contributed by atoms with E-state index in [1.165, 1.54) is 0 Å². The molecule has 0 aromatic rings. The Balaban J connectivity index is 2.22. The van der Waals surface area contributed by atoms with E-state index in [0.717, 1.165) is 5.70 Å². The molecule has 0 bridgehead atoms. The number of carboxylic acids is 1. The monoisotopic (exact) mass is 152 g/mol. The third kappa shape index (κ3) is 0.832. The minimum atomic E-state index is -0.822. The van der Waals surface area contributed by atoms with Gasteiger partial charge in [-0.1, -0.05) is 12.2 Å². The largest absolute Gasteiger partial charge is 0.480 e. The second kappa shape index (κ2) is 2.10. The van der Waals surface area contributed by atoms with Gasteiger partial charge in [-0.3, -0.25) is 4.79 Å². The fourth-order valence-corrected chi connectivity index (χ4v) is 1.38. The van der Waals surface area contributed by atoms with E-state index in [2.05, 4.69) is 10.9 Å². The number of fused-ring (bicyclic) bond motifs is 1. The smallest absolute Gasteiger partial charge is 0.323 e. The van der Waals surface area contributed by atoms with Gasteiger partial charge in [-0.05, 0) is 6.08 Å². The lowest BCUT2D eigenvalue weighted by Crippen LogP contribution is -2.38. The van der Waals surface area contributed by atoms with Crippen molar-refractivity contribution in [1.29, 1.82) is 0 Å². The first-order valence-electron chi connectivity index (χ1n) is 3.42. The summed E-state index contributed by atoms with van der Waals surface area (Å²) in [7, 11) is 0. The lowest BCUT2D eigenvalue weighted by atomic mass is 10.0. The van der Waals surface area contributed by atoms with Gasteiger partial charge in [0.1, 0.15) is 6.04 Å². The van der Waals surface area contributed by atoms with Crippen LogP contribution >= 0.6 is 0 Å². The molecule has 2 aliphatic rings. The van der Waals surface area contributed by atoms with Crippen molar-refractivity contribution < 1.29 is 9.90 Å². The average Bonchev–Trinajstić information content (AvgIpc) is 2.41. The molecule has 4 heteroatoms. The highest BCUT2D eigenvalue weighted by atomic mass is 16.4. The number of nitrogens with one attached hydrogen (secondary N) is 2. The summed E-state index contributed by atoms with van der Waals surface area (Å²) in [6, 6.07) is -0.514. The van der Waals surface area contributed by atoms with Crippen LogP contribution in [0.1, 0.15) is 0 Å². The van der Waals surface area contributed by atoms with Crippen LogP contribution in [0, 0.1) is 5.92 Å². The van der Waals surface area contributed by atoms with Gasteiger partial charge in [-0.25, -0.2) is 5.43 Å². The highest BCUT2D eigenvalue weighted by Gasteiger charge is 2.35. The fourth-order valence-electron chi connectivity index (χ4n) is 1.38. The normalized spacial score (nSPS) is 32.9. The van der Waals surface area contributed by atoms with E-state index in [9.17, 15) is 4.79 Å². The Kier molecular flexibility index (Phi) is 1.22. The third-order valence-corrected chi connectivity index (χ3v) is 1.95. The number of carboxylic acid groups (broad SMARTS) is 1.